The maximum Gasteiger partial charge on any atom is 0.417 e. The summed E-state index contributed by atoms with van der Waals surface area (Å²) in [5.41, 5.74) is -1.47. The molecule has 196 valence electrons. The smallest absolute Gasteiger partial charge is 0.417 e. The van der Waals surface area contributed by atoms with Crippen LogP contribution >= 0.6 is 0 Å². The molecule has 1 aliphatic carbocycles. The second-order valence-electron chi connectivity index (χ2n) is 10.2. The Morgan fingerprint density at radius 3 is 2.33 bits per heavy atom. The van der Waals surface area contributed by atoms with Crippen LogP contribution < -0.4 is 5.32 Å². The van der Waals surface area contributed by atoms with Crippen LogP contribution in [0.2, 0.25) is 0 Å². The van der Waals surface area contributed by atoms with Crippen LogP contribution in [0.1, 0.15) is 88.3 Å². The van der Waals surface area contributed by atoms with Gasteiger partial charge in [0.15, 0.2) is 5.69 Å². The summed E-state index contributed by atoms with van der Waals surface area (Å²) in [6.45, 7) is 6.47. The van der Waals surface area contributed by atoms with Crippen LogP contribution in [0.4, 0.5) is 13.2 Å². The van der Waals surface area contributed by atoms with Gasteiger partial charge in [0.1, 0.15) is 11.4 Å². The van der Waals surface area contributed by atoms with Crippen LogP contribution in [-0.2, 0) is 20.5 Å². The summed E-state index contributed by atoms with van der Waals surface area (Å²) in [7, 11) is 0. The number of ketones is 1. The second kappa shape index (κ2) is 10.8. The first kappa shape index (κ1) is 27.4. The molecule has 0 bridgehead atoms. The van der Waals surface area contributed by atoms with Crippen molar-refractivity contribution in [2.75, 3.05) is 0 Å². The monoisotopic (exact) mass is 507 g/mol. The maximum absolute atomic E-state index is 13.8. The number of Topliss-reactive ketones (excluding diaryl/α,β-unsaturated/α-hetero) is 1. The molecule has 1 aromatic heterocycles. The Kier molecular flexibility index (Phi) is 8.26. The van der Waals surface area contributed by atoms with Gasteiger partial charge in [-0.15, -0.1) is 0 Å². The van der Waals surface area contributed by atoms with Gasteiger partial charge < -0.3 is 10.1 Å². The fourth-order valence-corrected chi connectivity index (χ4v) is 4.45. The molecule has 1 heterocycles. The van der Waals surface area contributed by atoms with E-state index >= 15 is 0 Å². The van der Waals surface area contributed by atoms with E-state index in [1.807, 2.05) is 0 Å². The first-order valence-corrected chi connectivity index (χ1v) is 12.0. The Hall–Kier alpha value is -3.17. The topological polar surface area (TPSA) is 90.3 Å². The molecule has 1 atom stereocenters. The number of hydrogen-bond donors (Lipinski definition) is 1. The van der Waals surface area contributed by atoms with Gasteiger partial charge in [-0.05, 0) is 52.7 Å². The Balaban J connectivity index is 1.93. The standard InChI is InChI=1S/C26H32F3N3O4/c1-16(33)13-17(14-23(34)36-25(2,3)4)30-24(35)21-15-22(32(31-21)18-9-5-6-10-18)19-11-7-8-12-20(19)26(27,28)29/h7-8,11-12,15,17-18H,5-6,9-10,13-14H2,1-4H3,(H,30,35). The predicted molar refractivity (Wildman–Crippen MR) is 127 cm³/mol. The van der Waals surface area contributed by atoms with Gasteiger partial charge in [-0.25, -0.2) is 0 Å². The Bertz CT molecular complexity index is 1110. The number of carbonyl (C=O) groups is 3. The van der Waals surface area contributed by atoms with Crippen molar-refractivity contribution in [1.29, 1.82) is 0 Å². The molecule has 1 aliphatic rings. The molecule has 1 fully saturated rings. The molecular weight excluding hydrogens is 475 g/mol. The van der Waals surface area contributed by atoms with Crippen LogP contribution in [0.15, 0.2) is 30.3 Å². The van der Waals surface area contributed by atoms with E-state index in [0.29, 0.717) is 0 Å². The summed E-state index contributed by atoms with van der Waals surface area (Å²) in [4.78, 5) is 37.2. The highest BCUT2D eigenvalue weighted by Gasteiger charge is 2.35. The molecule has 7 nitrogen and oxygen atoms in total. The molecule has 0 radical (unpaired) electrons. The van der Waals surface area contributed by atoms with Gasteiger partial charge in [0, 0.05) is 18.0 Å². The summed E-state index contributed by atoms with van der Waals surface area (Å²) in [5, 5.41) is 7.05. The summed E-state index contributed by atoms with van der Waals surface area (Å²) in [5.74, 6) is -1.49. The molecule has 0 aliphatic heterocycles. The largest absolute Gasteiger partial charge is 0.460 e. The van der Waals surface area contributed by atoms with Crippen LogP contribution in [0.25, 0.3) is 11.3 Å². The number of hydrogen-bond acceptors (Lipinski definition) is 5. The molecule has 1 aromatic carbocycles. The van der Waals surface area contributed by atoms with Gasteiger partial charge in [0.25, 0.3) is 5.91 Å². The third kappa shape index (κ3) is 7.18. The summed E-state index contributed by atoms with van der Waals surface area (Å²) >= 11 is 0. The number of nitrogens with one attached hydrogen (secondary N) is 1. The van der Waals surface area contributed by atoms with E-state index in [1.54, 1.807) is 20.8 Å². The second-order valence-corrected chi connectivity index (χ2v) is 10.2. The molecule has 36 heavy (non-hydrogen) atoms. The Morgan fingerprint density at radius 1 is 1.11 bits per heavy atom. The third-order valence-electron chi connectivity index (χ3n) is 5.85. The molecular formula is C26H32F3N3O4. The van der Waals surface area contributed by atoms with Crippen molar-refractivity contribution >= 4 is 17.7 Å². The minimum atomic E-state index is -4.58. The van der Waals surface area contributed by atoms with Crippen LogP contribution in [0, 0.1) is 0 Å². The van der Waals surface area contributed by atoms with Crippen molar-refractivity contribution < 1.29 is 32.3 Å². The van der Waals surface area contributed by atoms with Crippen molar-refractivity contribution in [1.82, 2.24) is 15.1 Å². The number of aromatic nitrogens is 2. The highest BCUT2D eigenvalue weighted by Crippen LogP contribution is 2.40. The van der Waals surface area contributed by atoms with E-state index in [2.05, 4.69) is 10.4 Å². The lowest BCUT2D eigenvalue weighted by molar-refractivity contribution is -0.155. The van der Waals surface area contributed by atoms with E-state index in [9.17, 15) is 27.6 Å². The lowest BCUT2D eigenvalue weighted by Crippen LogP contribution is -2.39. The first-order chi connectivity index (χ1) is 16.7. The van der Waals surface area contributed by atoms with E-state index < -0.39 is 35.3 Å². The molecule has 0 saturated heterocycles. The fraction of sp³-hybridized carbons (Fsp3) is 0.538. The van der Waals surface area contributed by atoms with E-state index in [1.165, 1.54) is 35.9 Å². The average Bonchev–Trinajstić information content (AvgIpc) is 3.41. The highest BCUT2D eigenvalue weighted by molar-refractivity contribution is 5.94. The van der Waals surface area contributed by atoms with Crippen molar-refractivity contribution in [2.24, 2.45) is 0 Å². The number of halogens is 3. The fourth-order valence-electron chi connectivity index (χ4n) is 4.45. The average molecular weight is 508 g/mol. The number of carbonyl (C=O) groups excluding carboxylic acids is 3. The Labute approximate surface area is 208 Å². The SMILES string of the molecule is CC(=O)CC(CC(=O)OC(C)(C)C)NC(=O)c1cc(-c2ccccc2C(F)(F)F)n(C2CCCC2)n1. The van der Waals surface area contributed by atoms with Gasteiger partial charge in [-0.2, -0.15) is 18.3 Å². The first-order valence-electron chi connectivity index (χ1n) is 12.0. The molecule has 3 rings (SSSR count). The zero-order valence-corrected chi connectivity index (χ0v) is 20.9. The van der Waals surface area contributed by atoms with Gasteiger partial charge in [0.2, 0.25) is 0 Å². The van der Waals surface area contributed by atoms with Crippen molar-refractivity contribution in [3.63, 3.8) is 0 Å². The zero-order valence-electron chi connectivity index (χ0n) is 20.9. The molecule has 10 heteroatoms. The number of benzene rings is 1. The predicted octanol–water partition coefficient (Wildman–Crippen LogP) is 5.49. The van der Waals surface area contributed by atoms with Gasteiger partial charge in [0.05, 0.1) is 23.7 Å². The quantitative estimate of drug-likeness (QED) is 0.477. The lowest BCUT2D eigenvalue weighted by Gasteiger charge is -2.22. The highest BCUT2D eigenvalue weighted by atomic mass is 19.4. The molecule has 1 N–H and O–H groups in total. The number of nitrogens with zero attached hydrogens (tertiary/aromatic N) is 2. The molecule has 1 unspecified atom stereocenters. The minimum absolute atomic E-state index is 0.0579. The normalized spacial score (nSPS) is 15.5. The number of esters is 1. The van der Waals surface area contributed by atoms with Gasteiger partial charge in [-0.3, -0.25) is 19.1 Å². The van der Waals surface area contributed by atoms with E-state index in [0.717, 1.165) is 31.7 Å². The summed E-state index contributed by atoms with van der Waals surface area (Å²) in [6.07, 6.45) is -1.57. The van der Waals surface area contributed by atoms with Crippen molar-refractivity contribution in [3.8, 4) is 11.3 Å². The van der Waals surface area contributed by atoms with Crippen molar-refractivity contribution in [2.45, 2.75) is 90.1 Å². The third-order valence-corrected chi connectivity index (χ3v) is 5.85. The zero-order chi connectivity index (χ0) is 26.7. The summed E-state index contributed by atoms with van der Waals surface area (Å²) in [6, 6.07) is 5.58. The van der Waals surface area contributed by atoms with Gasteiger partial charge >= 0.3 is 12.1 Å². The van der Waals surface area contributed by atoms with Crippen LogP contribution in [0.5, 0.6) is 0 Å². The molecule has 1 saturated carbocycles. The molecule has 1 amide bonds. The van der Waals surface area contributed by atoms with E-state index in [4.69, 9.17) is 4.74 Å². The van der Waals surface area contributed by atoms with Gasteiger partial charge in [-0.1, -0.05) is 31.0 Å². The number of rotatable bonds is 8. The van der Waals surface area contributed by atoms with Crippen molar-refractivity contribution in [3.05, 3.63) is 41.6 Å². The van der Waals surface area contributed by atoms with E-state index in [-0.39, 0.29) is 41.6 Å². The molecule has 0 spiro atoms. The molecule has 2 aromatic rings. The van der Waals surface area contributed by atoms with Crippen LogP contribution in [0.3, 0.4) is 0 Å². The number of ether oxygens (including phenoxy) is 1. The number of alkyl halides is 3. The minimum Gasteiger partial charge on any atom is -0.460 e. The maximum atomic E-state index is 13.8. The van der Waals surface area contributed by atoms with Crippen LogP contribution in [-0.4, -0.2) is 39.1 Å². The number of amides is 1. The summed E-state index contributed by atoms with van der Waals surface area (Å²) < 4.78 is 48.1. The Morgan fingerprint density at radius 2 is 1.75 bits per heavy atom. The lowest BCUT2D eigenvalue weighted by atomic mass is 10.0.